The maximum Gasteiger partial charge on any atom is 0.410 e. The van der Waals surface area contributed by atoms with E-state index < -0.39 is 5.60 Å². The van der Waals surface area contributed by atoms with Crippen LogP contribution in [-0.2, 0) is 9.53 Å². The van der Waals surface area contributed by atoms with Crippen LogP contribution in [0.25, 0.3) is 0 Å². The van der Waals surface area contributed by atoms with Gasteiger partial charge in [-0.05, 0) is 70.7 Å². The Hall–Kier alpha value is -2.37. The van der Waals surface area contributed by atoms with Crippen molar-refractivity contribution in [2.45, 2.75) is 52.1 Å². The van der Waals surface area contributed by atoms with E-state index in [1.165, 1.54) is 0 Å². The van der Waals surface area contributed by atoms with E-state index in [1.807, 2.05) is 20.8 Å². The fourth-order valence-electron chi connectivity index (χ4n) is 3.19. The fraction of sp³-hybridized carbons (Fsp3) is 0.571. The summed E-state index contributed by atoms with van der Waals surface area (Å²) in [4.78, 5) is 38.3. The summed E-state index contributed by atoms with van der Waals surface area (Å²) in [6.45, 7) is 6.56. The minimum Gasteiger partial charge on any atom is -0.444 e. The predicted octanol–water partition coefficient (Wildman–Crippen LogP) is 3.86. The normalized spacial score (nSPS) is 18.1. The molecule has 0 spiro atoms. The molecule has 6 heteroatoms. The molecule has 1 saturated carbocycles. The Balaban J connectivity index is 1.48. The lowest BCUT2D eigenvalue weighted by molar-refractivity contribution is -0.121. The standard InChI is InChI=1S/C21H28N2O4/c1-21(2,3)27-20(26)23-12-10-16(11-13-23)19(25)22-17-8-6-15(7-9-17)18(24)14-4-5-14/h6-9,14,16H,4-5,10-13H2,1-3H3,(H,22,25). The van der Waals surface area contributed by atoms with Crippen molar-refractivity contribution in [3.8, 4) is 0 Å². The number of nitrogens with one attached hydrogen (secondary N) is 1. The van der Waals surface area contributed by atoms with Crippen LogP contribution in [0.3, 0.4) is 0 Å². The second kappa shape index (κ2) is 7.71. The molecule has 2 fully saturated rings. The Morgan fingerprint density at radius 1 is 0.963 bits per heavy atom. The SMILES string of the molecule is CC(C)(C)OC(=O)N1CCC(C(=O)Nc2ccc(C(=O)C3CC3)cc2)CC1. The zero-order valence-electron chi connectivity index (χ0n) is 16.3. The van der Waals surface area contributed by atoms with Gasteiger partial charge < -0.3 is 15.0 Å². The first-order chi connectivity index (χ1) is 12.7. The van der Waals surface area contributed by atoms with E-state index >= 15 is 0 Å². The quantitative estimate of drug-likeness (QED) is 0.814. The van der Waals surface area contributed by atoms with E-state index in [2.05, 4.69) is 5.32 Å². The molecule has 6 nitrogen and oxygen atoms in total. The number of likely N-dealkylation sites (tertiary alicyclic amines) is 1. The average Bonchev–Trinajstić information content (AvgIpc) is 3.45. The first kappa shape index (κ1) is 19.4. The highest BCUT2D eigenvalue weighted by atomic mass is 16.6. The van der Waals surface area contributed by atoms with Crippen molar-refractivity contribution in [3.63, 3.8) is 0 Å². The number of piperidine rings is 1. The van der Waals surface area contributed by atoms with Crippen molar-refractivity contribution < 1.29 is 19.1 Å². The highest BCUT2D eigenvalue weighted by Gasteiger charge is 2.31. The molecule has 3 rings (SSSR count). The first-order valence-electron chi connectivity index (χ1n) is 9.66. The van der Waals surface area contributed by atoms with Gasteiger partial charge in [0.25, 0.3) is 0 Å². The topological polar surface area (TPSA) is 75.7 Å². The van der Waals surface area contributed by atoms with Crippen LogP contribution in [0.1, 0.15) is 56.8 Å². The number of ether oxygens (including phenoxy) is 1. The molecule has 27 heavy (non-hydrogen) atoms. The molecule has 0 aromatic heterocycles. The Kier molecular flexibility index (Phi) is 5.53. The third-order valence-corrected chi connectivity index (χ3v) is 4.90. The summed E-state index contributed by atoms with van der Waals surface area (Å²) < 4.78 is 5.38. The second-order valence-electron chi connectivity index (χ2n) is 8.45. The molecule has 1 aliphatic carbocycles. The Labute approximate surface area is 160 Å². The van der Waals surface area contributed by atoms with Crippen molar-refractivity contribution in [1.29, 1.82) is 0 Å². The zero-order chi connectivity index (χ0) is 19.6. The molecule has 1 aromatic carbocycles. The summed E-state index contributed by atoms with van der Waals surface area (Å²) in [5, 5.41) is 2.92. The maximum absolute atomic E-state index is 12.5. The molecule has 0 radical (unpaired) electrons. The van der Waals surface area contributed by atoms with Crippen LogP contribution in [0, 0.1) is 11.8 Å². The van der Waals surface area contributed by atoms with Crippen molar-refractivity contribution >= 4 is 23.5 Å². The number of ketones is 1. The zero-order valence-corrected chi connectivity index (χ0v) is 16.3. The van der Waals surface area contributed by atoms with Gasteiger partial charge in [-0.25, -0.2) is 4.79 Å². The highest BCUT2D eigenvalue weighted by molar-refractivity contribution is 6.00. The van der Waals surface area contributed by atoms with Crippen LogP contribution >= 0.6 is 0 Å². The molecule has 1 aromatic rings. The van der Waals surface area contributed by atoms with Gasteiger partial charge >= 0.3 is 6.09 Å². The largest absolute Gasteiger partial charge is 0.444 e. The third kappa shape index (κ3) is 5.31. The van der Waals surface area contributed by atoms with E-state index in [-0.39, 0.29) is 29.6 Å². The number of rotatable bonds is 4. The van der Waals surface area contributed by atoms with Crippen molar-refractivity contribution in [2.24, 2.45) is 11.8 Å². The Bertz CT molecular complexity index is 709. The number of hydrogen-bond acceptors (Lipinski definition) is 4. The Morgan fingerprint density at radius 2 is 1.56 bits per heavy atom. The van der Waals surface area contributed by atoms with Gasteiger partial charge in [0.1, 0.15) is 5.60 Å². The number of carbonyl (C=O) groups excluding carboxylic acids is 3. The van der Waals surface area contributed by atoms with E-state index in [4.69, 9.17) is 4.74 Å². The summed E-state index contributed by atoms with van der Waals surface area (Å²) in [5.74, 6) is 0.222. The lowest BCUT2D eigenvalue weighted by Gasteiger charge is -2.32. The number of amides is 2. The van der Waals surface area contributed by atoms with Crippen molar-refractivity contribution in [3.05, 3.63) is 29.8 Å². The number of nitrogens with zero attached hydrogens (tertiary/aromatic N) is 1. The van der Waals surface area contributed by atoms with Crippen molar-refractivity contribution in [1.82, 2.24) is 4.90 Å². The van der Waals surface area contributed by atoms with Crippen LogP contribution in [0.2, 0.25) is 0 Å². The van der Waals surface area contributed by atoms with Gasteiger partial charge in [-0.15, -0.1) is 0 Å². The van der Waals surface area contributed by atoms with Crippen LogP contribution in [0.15, 0.2) is 24.3 Å². The average molecular weight is 372 g/mol. The number of Topliss-reactive ketones (excluding diaryl/α,β-unsaturated/α-hetero) is 1. The first-order valence-corrected chi connectivity index (χ1v) is 9.66. The van der Waals surface area contributed by atoms with Crippen LogP contribution in [-0.4, -0.2) is 41.4 Å². The van der Waals surface area contributed by atoms with E-state index in [0.717, 1.165) is 12.8 Å². The summed E-state index contributed by atoms with van der Waals surface area (Å²) in [6, 6.07) is 7.12. The molecule has 146 valence electrons. The molecule has 0 bridgehead atoms. The van der Waals surface area contributed by atoms with Gasteiger partial charge in [0.05, 0.1) is 0 Å². The highest BCUT2D eigenvalue weighted by Crippen LogP contribution is 2.32. The van der Waals surface area contributed by atoms with Crippen LogP contribution in [0.5, 0.6) is 0 Å². The van der Waals surface area contributed by atoms with Crippen LogP contribution in [0.4, 0.5) is 10.5 Å². The Morgan fingerprint density at radius 3 is 2.07 bits per heavy atom. The van der Waals surface area contributed by atoms with E-state index in [9.17, 15) is 14.4 Å². The number of benzene rings is 1. The number of hydrogen-bond donors (Lipinski definition) is 1. The molecule has 0 unspecified atom stereocenters. The van der Waals surface area contributed by atoms with Gasteiger partial charge in [0, 0.05) is 36.2 Å². The van der Waals surface area contributed by atoms with E-state index in [1.54, 1.807) is 29.2 Å². The summed E-state index contributed by atoms with van der Waals surface area (Å²) in [5.41, 5.74) is 0.890. The monoisotopic (exact) mass is 372 g/mol. The fourth-order valence-corrected chi connectivity index (χ4v) is 3.19. The van der Waals surface area contributed by atoms with Gasteiger partial charge in [-0.1, -0.05) is 0 Å². The molecular weight excluding hydrogens is 344 g/mol. The van der Waals surface area contributed by atoms with Crippen LogP contribution < -0.4 is 5.32 Å². The molecular formula is C21H28N2O4. The molecule has 1 saturated heterocycles. The van der Waals surface area contributed by atoms with Gasteiger partial charge in [-0.2, -0.15) is 0 Å². The number of anilines is 1. The van der Waals surface area contributed by atoms with Gasteiger partial charge in [0.2, 0.25) is 5.91 Å². The number of carbonyl (C=O) groups is 3. The lowest BCUT2D eigenvalue weighted by atomic mass is 9.96. The molecule has 1 N–H and O–H groups in total. The summed E-state index contributed by atoms with van der Waals surface area (Å²) >= 11 is 0. The third-order valence-electron chi connectivity index (χ3n) is 4.90. The minimum absolute atomic E-state index is 0.0416. The van der Waals surface area contributed by atoms with Gasteiger partial charge in [-0.3, -0.25) is 9.59 Å². The minimum atomic E-state index is -0.516. The molecule has 0 atom stereocenters. The summed E-state index contributed by atoms with van der Waals surface area (Å²) in [7, 11) is 0. The lowest BCUT2D eigenvalue weighted by Crippen LogP contribution is -2.43. The molecule has 1 aliphatic heterocycles. The molecule has 1 heterocycles. The molecule has 2 aliphatic rings. The van der Waals surface area contributed by atoms with Crippen molar-refractivity contribution in [2.75, 3.05) is 18.4 Å². The maximum atomic E-state index is 12.5. The smallest absolute Gasteiger partial charge is 0.410 e. The van der Waals surface area contributed by atoms with Gasteiger partial charge in [0.15, 0.2) is 5.78 Å². The summed E-state index contributed by atoms with van der Waals surface area (Å²) in [6.07, 6.45) is 2.88. The predicted molar refractivity (Wildman–Crippen MR) is 103 cm³/mol. The molecule has 2 amide bonds. The van der Waals surface area contributed by atoms with E-state index in [0.29, 0.717) is 37.2 Å². The second-order valence-corrected chi connectivity index (χ2v) is 8.45.